The van der Waals surface area contributed by atoms with Gasteiger partial charge in [-0.15, -0.1) is 0 Å². The number of H-pyrrole nitrogens is 1. The van der Waals surface area contributed by atoms with E-state index >= 15 is 0 Å². The molecule has 0 unspecified atom stereocenters. The first kappa shape index (κ1) is 21.3. The lowest BCUT2D eigenvalue weighted by atomic mass is 10.1. The highest BCUT2D eigenvalue weighted by Crippen LogP contribution is 2.35. The predicted molar refractivity (Wildman–Crippen MR) is 119 cm³/mol. The van der Waals surface area contributed by atoms with Gasteiger partial charge in [0.25, 0.3) is 5.56 Å². The molecule has 2 aliphatic heterocycles. The van der Waals surface area contributed by atoms with Crippen LogP contribution >= 0.6 is 11.6 Å². The van der Waals surface area contributed by atoms with Crippen molar-refractivity contribution in [3.05, 3.63) is 63.4 Å². The standard InChI is InChI=1S/C22H21ClN2O6S/c23-17-5-1-2-6-21(17)32(27,28)25(12-16-4-3-7-29-16)11-15-8-14-9-19-20(31-13-30-19)10-18(14)24-22(15)26/h1-2,5-6,8-10,16H,3-4,7,11-13H2,(H,24,26)/t16-/m0/s1. The number of nitrogens with zero attached hydrogens (tertiary/aromatic N) is 1. The summed E-state index contributed by atoms with van der Waals surface area (Å²) in [6, 6.07) is 11.4. The normalized spacial score (nSPS) is 18.0. The highest BCUT2D eigenvalue weighted by Gasteiger charge is 2.31. The third-order valence-electron chi connectivity index (χ3n) is 5.65. The first-order chi connectivity index (χ1) is 15.4. The van der Waals surface area contributed by atoms with Crippen molar-refractivity contribution >= 4 is 32.5 Å². The van der Waals surface area contributed by atoms with Crippen molar-refractivity contribution in [1.29, 1.82) is 0 Å². The van der Waals surface area contributed by atoms with Gasteiger partial charge in [-0.1, -0.05) is 23.7 Å². The summed E-state index contributed by atoms with van der Waals surface area (Å²) in [6.45, 7) is 0.724. The number of aromatic amines is 1. The fourth-order valence-corrected chi connectivity index (χ4v) is 5.95. The average molecular weight is 477 g/mol. The van der Waals surface area contributed by atoms with Crippen molar-refractivity contribution in [2.75, 3.05) is 19.9 Å². The molecular weight excluding hydrogens is 456 g/mol. The van der Waals surface area contributed by atoms with Crippen molar-refractivity contribution in [1.82, 2.24) is 9.29 Å². The number of aromatic nitrogens is 1. The van der Waals surface area contributed by atoms with Crippen LogP contribution in [-0.4, -0.2) is 43.8 Å². The minimum atomic E-state index is -3.97. The monoisotopic (exact) mass is 476 g/mol. The molecule has 8 nitrogen and oxygen atoms in total. The Morgan fingerprint density at radius 2 is 1.91 bits per heavy atom. The molecule has 0 aliphatic carbocycles. The summed E-state index contributed by atoms with van der Waals surface area (Å²) < 4.78 is 44.8. The first-order valence-electron chi connectivity index (χ1n) is 10.2. The van der Waals surface area contributed by atoms with Gasteiger partial charge in [-0.25, -0.2) is 8.42 Å². The number of benzene rings is 2. The van der Waals surface area contributed by atoms with Gasteiger partial charge in [0.1, 0.15) is 4.90 Å². The molecule has 0 saturated carbocycles. The molecule has 5 rings (SSSR count). The number of hydrogen-bond donors (Lipinski definition) is 1. The molecule has 168 valence electrons. The van der Waals surface area contributed by atoms with Crippen LogP contribution in [0.4, 0.5) is 0 Å². The van der Waals surface area contributed by atoms with E-state index in [2.05, 4.69) is 4.98 Å². The Morgan fingerprint density at radius 3 is 2.66 bits per heavy atom. The van der Waals surface area contributed by atoms with Crippen molar-refractivity contribution in [2.24, 2.45) is 0 Å². The molecule has 1 saturated heterocycles. The average Bonchev–Trinajstić information content (AvgIpc) is 3.44. The SMILES string of the molecule is O=c1[nH]c2cc3c(cc2cc1CN(C[C@@H]1CCCO1)S(=O)(=O)c1ccccc1Cl)OCO3. The molecule has 1 N–H and O–H groups in total. The Bertz CT molecular complexity index is 1330. The highest BCUT2D eigenvalue weighted by atomic mass is 35.5. The van der Waals surface area contributed by atoms with E-state index in [1.54, 1.807) is 30.3 Å². The first-order valence-corrected chi connectivity index (χ1v) is 12.1. The number of hydrogen-bond acceptors (Lipinski definition) is 6. The summed E-state index contributed by atoms with van der Waals surface area (Å²) in [5.41, 5.74) is 0.524. The van der Waals surface area contributed by atoms with E-state index in [1.807, 2.05) is 0 Å². The Labute approximate surface area is 189 Å². The van der Waals surface area contributed by atoms with E-state index in [-0.39, 0.29) is 41.5 Å². The van der Waals surface area contributed by atoms with Crippen molar-refractivity contribution in [2.45, 2.75) is 30.4 Å². The molecule has 0 bridgehead atoms. The number of rotatable bonds is 6. The minimum Gasteiger partial charge on any atom is -0.454 e. The summed E-state index contributed by atoms with van der Waals surface area (Å²) in [5, 5.41) is 0.848. The van der Waals surface area contributed by atoms with E-state index < -0.39 is 10.0 Å². The molecule has 1 atom stereocenters. The molecule has 2 aromatic carbocycles. The number of ether oxygens (including phenoxy) is 3. The zero-order valence-corrected chi connectivity index (χ0v) is 18.6. The predicted octanol–water partition coefficient (Wildman–Crippen LogP) is 3.28. The van der Waals surface area contributed by atoms with Crippen molar-refractivity contribution in [3.63, 3.8) is 0 Å². The van der Waals surface area contributed by atoms with Gasteiger partial charge in [-0.3, -0.25) is 4.79 Å². The molecule has 10 heteroatoms. The van der Waals surface area contributed by atoms with Crippen LogP contribution < -0.4 is 15.0 Å². The van der Waals surface area contributed by atoms with Gasteiger partial charge in [0.15, 0.2) is 11.5 Å². The van der Waals surface area contributed by atoms with Crippen LogP contribution in [0.1, 0.15) is 18.4 Å². The molecule has 1 fully saturated rings. The van der Waals surface area contributed by atoms with Crippen LogP contribution in [0.15, 0.2) is 52.2 Å². The van der Waals surface area contributed by atoms with Crippen molar-refractivity contribution in [3.8, 4) is 11.5 Å². The van der Waals surface area contributed by atoms with Crippen LogP contribution in [0.5, 0.6) is 11.5 Å². The molecule has 3 heterocycles. The topological polar surface area (TPSA) is 97.9 Å². The second kappa shape index (κ2) is 8.40. The Morgan fingerprint density at radius 1 is 1.12 bits per heavy atom. The van der Waals surface area contributed by atoms with Crippen LogP contribution in [0.2, 0.25) is 5.02 Å². The van der Waals surface area contributed by atoms with Gasteiger partial charge in [-0.2, -0.15) is 4.31 Å². The molecule has 0 radical (unpaired) electrons. The van der Waals surface area contributed by atoms with Gasteiger partial charge in [-0.05, 0) is 37.1 Å². The number of fused-ring (bicyclic) bond motifs is 2. The third-order valence-corrected chi connectivity index (χ3v) is 7.96. The van der Waals surface area contributed by atoms with Gasteiger partial charge < -0.3 is 19.2 Å². The Kier molecular flexibility index (Phi) is 5.58. The number of halogens is 1. The summed E-state index contributed by atoms with van der Waals surface area (Å²) in [5.74, 6) is 1.14. The van der Waals surface area contributed by atoms with Crippen LogP contribution in [0, 0.1) is 0 Å². The summed E-state index contributed by atoms with van der Waals surface area (Å²) in [4.78, 5) is 15.6. The van der Waals surface area contributed by atoms with E-state index in [4.69, 9.17) is 25.8 Å². The smallest absolute Gasteiger partial charge is 0.252 e. The molecule has 0 amide bonds. The molecule has 0 spiro atoms. The number of sulfonamides is 1. The second-order valence-electron chi connectivity index (χ2n) is 7.78. The fourth-order valence-electron chi connectivity index (χ4n) is 4.00. The van der Waals surface area contributed by atoms with E-state index in [9.17, 15) is 13.2 Å². The van der Waals surface area contributed by atoms with Gasteiger partial charge in [0.05, 0.1) is 16.6 Å². The molecule has 32 heavy (non-hydrogen) atoms. The quantitative estimate of drug-likeness (QED) is 0.586. The van der Waals surface area contributed by atoms with Gasteiger partial charge in [0.2, 0.25) is 16.8 Å². The number of pyridine rings is 1. The second-order valence-corrected chi connectivity index (χ2v) is 10.1. The van der Waals surface area contributed by atoms with E-state index in [0.717, 1.165) is 18.2 Å². The largest absolute Gasteiger partial charge is 0.454 e. The van der Waals surface area contributed by atoms with Gasteiger partial charge in [0, 0.05) is 36.7 Å². The number of nitrogens with one attached hydrogen (secondary N) is 1. The van der Waals surface area contributed by atoms with Gasteiger partial charge >= 0.3 is 0 Å². The molecule has 2 aliphatic rings. The van der Waals surface area contributed by atoms with Crippen LogP contribution in [0.25, 0.3) is 10.9 Å². The van der Waals surface area contributed by atoms with Crippen molar-refractivity contribution < 1.29 is 22.6 Å². The third kappa shape index (κ3) is 3.97. The molecule has 3 aromatic rings. The maximum absolute atomic E-state index is 13.5. The lowest BCUT2D eigenvalue weighted by Crippen LogP contribution is -2.38. The zero-order valence-electron chi connectivity index (χ0n) is 17.0. The Balaban J connectivity index is 1.54. The maximum atomic E-state index is 13.5. The van der Waals surface area contributed by atoms with E-state index in [1.165, 1.54) is 16.4 Å². The molecule has 1 aromatic heterocycles. The van der Waals surface area contributed by atoms with Crippen LogP contribution in [0.3, 0.4) is 0 Å². The lowest BCUT2D eigenvalue weighted by Gasteiger charge is -2.25. The Hall–Kier alpha value is -2.59. The van der Waals surface area contributed by atoms with E-state index in [0.29, 0.717) is 29.2 Å². The lowest BCUT2D eigenvalue weighted by molar-refractivity contribution is 0.0925. The summed E-state index contributed by atoms with van der Waals surface area (Å²) in [7, 11) is -3.97. The molecular formula is C22H21ClN2O6S. The minimum absolute atomic E-state index is 0.000231. The summed E-state index contributed by atoms with van der Waals surface area (Å²) >= 11 is 6.21. The highest BCUT2D eigenvalue weighted by molar-refractivity contribution is 7.89. The zero-order chi connectivity index (χ0) is 22.3. The van der Waals surface area contributed by atoms with Crippen LogP contribution in [-0.2, 0) is 21.3 Å². The summed E-state index contributed by atoms with van der Waals surface area (Å²) in [6.07, 6.45) is 1.39. The fraction of sp³-hybridized carbons (Fsp3) is 0.318. The maximum Gasteiger partial charge on any atom is 0.252 e.